The van der Waals surface area contributed by atoms with Crippen LogP contribution in [-0.4, -0.2) is 47.3 Å². The number of aromatic nitrogens is 3. The Morgan fingerprint density at radius 2 is 2.12 bits per heavy atom. The number of methoxy groups -OCH3 is 1. The molecule has 3 rings (SSSR count). The summed E-state index contributed by atoms with van der Waals surface area (Å²) in [5.41, 5.74) is 1.11. The van der Waals surface area contributed by atoms with Gasteiger partial charge in [-0.2, -0.15) is 5.10 Å². The highest BCUT2D eigenvalue weighted by Gasteiger charge is 2.21. The molecule has 0 aromatic carbocycles. The standard InChI is InChI=1S/C16H19N5O3/c1-24-15-3-2-11(9-17-15)16(23)19-12-4-6-21(7-5-12)13-8-14(22)20-18-10-13/h2-3,8-10,12H,4-7H2,1H3,(H,19,23)(H,20,22). The van der Waals surface area contributed by atoms with Gasteiger partial charge in [-0.15, -0.1) is 0 Å². The van der Waals surface area contributed by atoms with Crippen molar-refractivity contribution in [3.63, 3.8) is 0 Å². The van der Waals surface area contributed by atoms with Crippen molar-refractivity contribution in [2.24, 2.45) is 0 Å². The molecule has 8 nitrogen and oxygen atoms in total. The fraction of sp³-hybridized carbons (Fsp3) is 0.375. The van der Waals surface area contributed by atoms with Crippen molar-refractivity contribution < 1.29 is 9.53 Å². The van der Waals surface area contributed by atoms with Crippen molar-refractivity contribution in [3.8, 4) is 5.88 Å². The smallest absolute Gasteiger partial charge is 0.266 e. The second-order valence-electron chi connectivity index (χ2n) is 5.63. The van der Waals surface area contributed by atoms with Crippen LogP contribution in [0.15, 0.2) is 35.4 Å². The van der Waals surface area contributed by atoms with Crippen molar-refractivity contribution in [1.29, 1.82) is 0 Å². The zero-order chi connectivity index (χ0) is 16.9. The first-order valence-corrected chi connectivity index (χ1v) is 7.76. The van der Waals surface area contributed by atoms with Gasteiger partial charge in [-0.1, -0.05) is 0 Å². The van der Waals surface area contributed by atoms with Gasteiger partial charge >= 0.3 is 0 Å². The molecule has 0 unspecified atom stereocenters. The number of aromatic amines is 1. The number of piperidine rings is 1. The van der Waals surface area contributed by atoms with E-state index >= 15 is 0 Å². The van der Waals surface area contributed by atoms with Crippen LogP contribution in [0.3, 0.4) is 0 Å². The average molecular weight is 329 g/mol. The topological polar surface area (TPSA) is 100 Å². The second kappa shape index (κ2) is 7.12. The highest BCUT2D eigenvalue weighted by molar-refractivity contribution is 5.94. The molecular weight excluding hydrogens is 310 g/mol. The molecule has 1 fully saturated rings. The number of pyridine rings is 1. The molecule has 126 valence electrons. The molecule has 24 heavy (non-hydrogen) atoms. The van der Waals surface area contributed by atoms with Gasteiger partial charge in [0.15, 0.2) is 0 Å². The molecule has 0 radical (unpaired) electrons. The van der Waals surface area contributed by atoms with Crippen LogP contribution in [0.1, 0.15) is 23.2 Å². The quantitative estimate of drug-likeness (QED) is 0.851. The van der Waals surface area contributed by atoms with E-state index in [4.69, 9.17) is 4.74 Å². The van der Waals surface area contributed by atoms with E-state index in [2.05, 4.69) is 25.4 Å². The lowest BCUT2D eigenvalue weighted by Gasteiger charge is -2.33. The number of hydrogen-bond acceptors (Lipinski definition) is 6. The Morgan fingerprint density at radius 1 is 1.33 bits per heavy atom. The second-order valence-corrected chi connectivity index (χ2v) is 5.63. The van der Waals surface area contributed by atoms with Crippen LogP contribution in [-0.2, 0) is 0 Å². The molecule has 1 aliphatic rings. The first-order chi connectivity index (χ1) is 11.7. The van der Waals surface area contributed by atoms with Crippen molar-refractivity contribution in [2.75, 3.05) is 25.1 Å². The third-order valence-corrected chi connectivity index (χ3v) is 4.05. The number of nitrogens with zero attached hydrogens (tertiary/aromatic N) is 3. The fourth-order valence-corrected chi connectivity index (χ4v) is 2.72. The van der Waals surface area contributed by atoms with E-state index in [1.807, 2.05) is 0 Å². The molecule has 2 aromatic rings. The minimum atomic E-state index is -0.213. The summed E-state index contributed by atoms with van der Waals surface area (Å²) in [6, 6.07) is 5.00. The highest BCUT2D eigenvalue weighted by Crippen LogP contribution is 2.18. The molecule has 0 bridgehead atoms. The molecular formula is C16H19N5O3. The van der Waals surface area contributed by atoms with Crippen LogP contribution < -0.4 is 20.5 Å². The summed E-state index contributed by atoms with van der Waals surface area (Å²) in [7, 11) is 1.53. The van der Waals surface area contributed by atoms with Gasteiger partial charge in [0.2, 0.25) is 5.88 Å². The van der Waals surface area contributed by atoms with Crippen LogP contribution in [0.2, 0.25) is 0 Å². The summed E-state index contributed by atoms with van der Waals surface area (Å²) in [4.78, 5) is 29.7. The van der Waals surface area contributed by atoms with E-state index in [1.165, 1.54) is 19.4 Å². The summed E-state index contributed by atoms with van der Waals surface area (Å²) in [6.45, 7) is 1.52. The van der Waals surface area contributed by atoms with Gasteiger partial charge in [0.05, 0.1) is 24.6 Å². The molecule has 0 atom stereocenters. The third kappa shape index (κ3) is 3.70. The Hall–Kier alpha value is -2.90. The Labute approximate surface area is 138 Å². The first kappa shape index (κ1) is 16.0. The van der Waals surface area contributed by atoms with Gasteiger partial charge in [-0.3, -0.25) is 9.59 Å². The van der Waals surface area contributed by atoms with Crippen molar-refractivity contribution >= 4 is 11.6 Å². The van der Waals surface area contributed by atoms with Crippen LogP contribution in [0, 0.1) is 0 Å². The number of amides is 1. The summed E-state index contributed by atoms with van der Waals surface area (Å²) < 4.78 is 4.98. The number of H-pyrrole nitrogens is 1. The molecule has 2 aromatic heterocycles. The van der Waals surface area contributed by atoms with E-state index in [1.54, 1.807) is 18.3 Å². The van der Waals surface area contributed by atoms with E-state index in [-0.39, 0.29) is 17.5 Å². The van der Waals surface area contributed by atoms with Crippen LogP contribution in [0.5, 0.6) is 5.88 Å². The predicted molar refractivity (Wildman–Crippen MR) is 88.3 cm³/mol. The molecule has 1 aliphatic heterocycles. The number of rotatable bonds is 4. The van der Waals surface area contributed by atoms with Gasteiger partial charge in [-0.05, 0) is 18.9 Å². The lowest BCUT2D eigenvalue weighted by atomic mass is 10.0. The molecule has 8 heteroatoms. The normalized spacial score (nSPS) is 15.1. The van der Waals surface area contributed by atoms with E-state index in [0.29, 0.717) is 11.4 Å². The zero-order valence-electron chi connectivity index (χ0n) is 13.4. The molecule has 0 spiro atoms. The maximum Gasteiger partial charge on any atom is 0.266 e. The molecule has 0 aliphatic carbocycles. The maximum atomic E-state index is 12.2. The minimum absolute atomic E-state index is 0.103. The highest BCUT2D eigenvalue weighted by atomic mass is 16.5. The maximum absolute atomic E-state index is 12.2. The fourth-order valence-electron chi connectivity index (χ4n) is 2.72. The summed E-state index contributed by atoms with van der Waals surface area (Å²) in [6.07, 6.45) is 4.76. The third-order valence-electron chi connectivity index (χ3n) is 4.05. The van der Waals surface area contributed by atoms with Gasteiger partial charge in [0.25, 0.3) is 11.5 Å². The molecule has 2 N–H and O–H groups in total. The Bertz CT molecular complexity index is 751. The molecule has 3 heterocycles. The van der Waals surface area contributed by atoms with E-state index in [9.17, 15) is 9.59 Å². The van der Waals surface area contributed by atoms with Crippen LogP contribution in [0.25, 0.3) is 0 Å². The lowest BCUT2D eigenvalue weighted by Crippen LogP contribution is -2.45. The Balaban J connectivity index is 1.54. The monoisotopic (exact) mass is 329 g/mol. The summed E-state index contributed by atoms with van der Waals surface area (Å²) in [5.74, 6) is 0.341. The van der Waals surface area contributed by atoms with Gasteiger partial charge in [0, 0.05) is 37.5 Å². The van der Waals surface area contributed by atoms with Crippen molar-refractivity contribution in [1.82, 2.24) is 20.5 Å². The predicted octanol–water partition coefficient (Wildman–Crippen LogP) is 0.572. The van der Waals surface area contributed by atoms with Gasteiger partial charge in [0.1, 0.15) is 0 Å². The molecule has 0 saturated carbocycles. The number of carbonyl (C=O) groups excluding carboxylic acids is 1. The number of carbonyl (C=O) groups is 1. The largest absolute Gasteiger partial charge is 0.481 e. The summed E-state index contributed by atoms with van der Waals surface area (Å²) >= 11 is 0. The van der Waals surface area contributed by atoms with Crippen LogP contribution >= 0.6 is 0 Å². The molecule has 1 amide bonds. The zero-order valence-corrected chi connectivity index (χ0v) is 13.4. The van der Waals surface area contributed by atoms with Crippen molar-refractivity contribution in [2.45, 2.75) is 18.9 Å². The van der Waals surface area contributed by atoms with E-state index < -0.39 is 0 Å². The number of anilines is 1. The first-order valence-electron chi connectivity index (χ1n) is 7.76. The van der Waals surface area contributed by atoms with E-state index in [0.717, 1.165) is 31.6 Å². The van der Waals surface area contributed by atoms with Gasteiger partial charge in [-0.25, -0.2) is 10.1 Å². The average Bonchev–Trinajstić information content (AvgIpc) is 2.62. The SMILES string of the molecule is COc1ccc(C(=O)NC2CCN(c3cn[nH]c(=O)c3)CC2)cn1. The number of hydrogen-bond donors (Lipinski definition) is 2. The Morgan fingerprint density at radius 3 is 2.75 bits per heavy atom. The lowest BCUT2D eigenvalue weighted by molar-refractivity contribution is 0.0930. The number of ether oxygens (including phenoxy) is 1. The van der Waals surface area contributed by atoms with Crippen molar-refractivity contribution in [3.05, 3.63) is 46.5 Å². The van der Waals surface area contributed by atoms with Crippen LogP contribution in [0.4, 0.5) is 5.69 Å². The Kier molecular flexibility index (Phi) is 4.74. The van der Waals surface area contributed by atoms with Gasteiger partial charge < -0.3 is 15.0 Å². The minimum Gasteiger partial charge on any atom is -0.481 e. The summed E-state index contributed by atoms with van der Waals surface area (Å²) in [5, 5.41) is 9.21. The molecule has 1 saturated heterocycles. The number of nitrogens with one attached hydrogen (secondary N) is 2.